The maximum Gasteiger partial charge on any atom is 0.145 e. The van der Waals surface area contributed by atoms with Crippen molar-refractivity contribution >= 4 is 22.4 Å². The zero-order chi connectivity index (χ0) is 10.8. The maximum atomic E-state index is 6.06. The molecule has 0 aliphatic carbocycles. The summed E-state index contributed by atoms with van der Waals surface area (Å²) in [6.45, 7) is 0. The molecule has 0 amide bonds. The predicted octanol–water partition coefficient (Wildman–Crippen LogP) is 2.91. The number of halogens is 1. The molecule has 0 saturated carbocycles. The van der Waals surface area contributed by atoms with E-state index in [1.165, 1.54) is 0 Å². The van der Waals surface area contributed by atoms with E-state index in [9.17, 15) is 0 Å². The summed E-state index contributed by atoms with van der Waals surface area (Å²) in [5, 5.41) is 2.33. The summed E-state index contributed by atoms with van der Waals surface area (Å²) in [6, 6.07) is 3.58. The lowest BCUT2D eigenvalue weighted by molar-refractivity contribution is 0.410. The average Bonchev–Trinajstić information content (AvgIpc) is 2.28. The molecule has 4 heteroatoms. The normalized spacial score (nSPS) is 10.3. The first kappa shape index (κ1) is 10.1. The van der Waals surface area contributed by atoms with Gasteiger partial charge in [-0.05, 0) is 6.07 Å². The Morgan fingerprint density at radius 1 is 1.20 bits per heavy atom. The lowest BCUT2D eigenvalue weighted by Crippen LogP contribution is -1.91. The van der Waals surface area contributed by atoms with Crippen LogP contribution in [0.2, 0.25) is 5.02 Å². The first-order chi connectivity index (χ1) is 7.27. The molecular weight excluding hydrogens is 214 g/mol. The standard InChI is InChI=1S/C11H10ClNO2/c1-14-10-5-9(12)11(15-2)7-3-4-13-6-8(7)10/h3-6H,1-2H3. The average molecular weight is 224 g/mol. The van der Waals surface area contributed by atoms with E-state index in [0.717, 1.165) is 10.8 Å². The molecule has 0 radical (unpaired) electrons. The summed E-state index contributed by atoms with van der Waals surface area (Å²) < 4.78 is 10.5. The molecule has 1 aromatic carbocycles. The Morgan fingerprint density at radius 2 is 2.00 bits per heavy atom. The molecule has 2 aromatic rings. The lowest BCUT2D eigenvalue weighted by Gasteiger charge is -2.10. The van der Waals surface area contributed by atoms with Gasteiger partial charge in [-0.2, -0.15) is 0 Å². The van der Waals surface area contributed by atoms with Gasteiger partial charge in [0.25, 0.3) is 0 Å². The van der Waals surface area contributed by atoms with Crippen LogP contribution in [0, 0.1) is 0 Å². The van der Waals surface area contributed by atoms with Gasteiger partial charge in [-0.1, -0.05) is 11.6 Å². The highest BCUT2D eigenvalue weighted by atomic mass is 35.5. The summed E-state index contributed by atoms with van der Waals surface area (Å²) >= 11 is 6.06. The molecule has 2 rings (SSSR count). The summed E-state index contributed by atoms with van der Waals surface area (Å²) in [6.07, 6.45) is 3.42. The molecule has 0 atom stereocenters. The number of hydrogen-bond acceptors (Lipinski definition) is 3. The highest BCUT2D eigenvalue weighted by molar-refractivity contribution is 6.33. The largest absolute Gasteiger partial charge is 0.496 e. The summed E-state index contributed by atoms with van der Waals surface area (Å²) in [5.74, 6) is 1.35. The Balaban J connectivity index is 2.86. The fourth-order valence-electron chi connectivity index (χ4n) is 1.55. The van der Waals surface area contributed by atoms with Crippen molar-refractivity contribution in [1.29, 1.82) is 0 Å². The third-order valence-corrected chi connectivity index (χ3v) is 2.51. The molecule has 78 valence electrons. The third kappa shape index (κ3) is 1.59. The van der Waals surface area contributed by atoms with Crippen molar-refractivity contribution in [3.05, 3.63) is 29.5 Å². The van der Waals surface area contributed by atoms with Gasteiger partial charge < -0.3 is 9.47 Å². The Hall–Kier alpha value is -1.48. The minimum atomic E-state index is 0.535. The zero-order valence-electron chi connectivity index (χ0n) is 8.45. The van der Waals surface area contributed by atoms with Gasteiger partial charge in [0.1, 0.15) is 11.5 Å². The SMILES string of the molecule is COc1cc(Cl)c(OC)c2ccncc12. The second-order valence-electron chi connectivity index (χ2n) is 3.02. The van der Waals surface area contributed by atoms with Crippen LogP contribution in [0.15, 0.2) is 24.5 Å². The van der Waals surface area contributed by atoms with Crippen LogP contribution in [0.3, 0.4) is 0 Å². The van der Waals surface area contributed by atoms with Crippen molar-refractivity contribution in [2.75, 3.05) is 14.2 Å². The molecule has 0 spiro atoms. The predicted molar refractivity (Wildman–Crippen MR) is 59.9 cm³/mol. The minimum absolute atomic E-state index is 0.535. The number of methoxy groups -OCH3 is 2. The van der Waals surface area contributed by atoms with E-state index in [0.29, 0.717) is 16.5 Å². The van der Waals surface area contributed by atoms with Crippen molar-refractivity contribution in [1.82, 2.24) is 4.98 Å². The number of hydrogen-bond donors (Lipinski definition) is 0. The van der Waals surface area contributed by atoms with Crippen molar-refractivity contribution in [2.24, 2.45) is 0 Å². The van der Waals surface area contributed by atoms with Gasteiger partial charge in [0.15, 0.2) is 0 Å². The number of ether oxygens (including phenoxy) is 2. The van der Waals surface area contributed by atoms with Gasteiger partial charge in [0.05, 0.1) is 19.2 Å². The number of nitrogens with zero attached hydrogens (tertiary/aromatic N) is 1. The second kappa shape index (κ2) is 3.95. The molecule has 1 aromatic heterocycles. The second-order valence-corrected chi connectivity index (χ2v) is 3.42. The van der Waals surface area contributed by atoms with Gasteiger partial charge in [0.2, 0.25) is 0 Å². The molecule has 0 aliphatic rings. The zero-order valence-corrected chi connectivity index (χ0v) is 9.21. The fourth-order valence-corrected chi connectivity index (χ4v) is 1.83. The third-order valence-electron chi connectivity index (χ3n) is 2.23. The minimum Gasteiger partial charge on any atom is -0.496 e. The first-order valence-electron chi connectivity index (χ1n) is 4.42. The highest BCUT2D eigenvalue weighted by Gasteiger charge is 2.11. The van der Waals surface area contributed by atoms with Gasteiger partial charge in [-0.3, -0.25) is 4.98 Å². The van der Waals surface area contributed by atoms with Crippen LogP contribution in [0.4, 0.5) is 0 Å². The van der Waals surface area contributed by atoms with Crippen LogP contribution in [-0.2, 0) is 0 Å². The molecule has 0 saturated heterocycles. The maximum absolute atomic E-state index is 6.06. The lowest BCUT2D eigenvalue weighted by atomic mass is 10.1. The van der Waals surface area contributed by atoms with E-state index < -0.39 is 0 Å². The smallest absolute Gasteiger partial charge is 0.145 e. The first-order valence-corrected chi connectivity index (χ1v) is 4.80. The van der Waals surface area contributed by atoms with E-state index in [2.05, 4.69) is 4.98 Å². The quantitative estimate of drug-likeness (QED) is 0.785. The van der Waals surface area contributed by atoms with Crippen LogP contribution in [0.25, 0.3) is 10.8 Å². The molecule has 15 heavy (non-hydrogen) atoms. The van der Waals surface area contributed by atoms with Crippen molar-refractivity contribution in [2.45, 2.75) is 0 Å². The summed E-state index contributed by atoms with van der Waals surface area (Å²) in [7, 11) is 3.19. The summed E-state index contributed by atoms with van der Waals surface area (Å²) in [4.78, 5) is 4.05. The van der Waals surface area contributed by atoms with Gasteiger partial charge in [-0.25, -0.2) is 0 Å². The highest BCUT2D eigenvalue weighted by Crippen LogP contribution is 2.38. The number of aromatic nitrogens is 1. The molecule has 3 nitrogen and oxygen atoms in total. The van der Waals surface area contributed by atoms with Crippen LogP contribution in [0.1, 0.15) is 0 Å². The molecule has 0 unspecified atom stereocenters. The topological polar surface area (TPSA) is 31.4 Å². The fraction of sp³-hybridized carbons (Fsp3) is 0.182. The Kier molecular flexibility index (Phi) is 2.64. The van der Waals surface area contributed by atoms with E-state index >= 15 is 0 Å². The van der Waals surface area contributed by atoms with Crippen LogP contribution in [0.5, 0.6) is 11.5 Å². The molecular formula is C11H10ClNO2. The molecule has 0 N–H and O–H groups in total. The number of benzene rings is 1. The molecule has 0 fully saturated rings. The Bertz CT molecular complexity index is 499. The van der Waals surface area contributed by atoms with Crippen LogP contribution < -0.4 is 9.47 Å². The monoisotopic (exact) mass is 223 g/mol. The van der Waals surface area contributed by atoms with Crippen LogP contribution >= 0.6 is 11.6 Å². The molecule has 1 heterocycles. The Labute approximate surface area is 92.6 Å². The number of fused-ring (bicyclic) bond motifs is 1. The van der Waals surface area contributed by atoms with E-state index in [1.807, 2.05) is 6.07 Å². The summed E-state index contributed by atoms with van der Waals surface area (Å²) in [5.41, 5.74) is 0. The van der Waals surface area contributed by atoms with Crippen molar-refractivity contribution < 1.29 is 9.47 Å². The number of pyridine rings is 1. The van der Waals surface area contributed by atoms with E-state index in [4.69, 9.17) is 21.1 Å². The van der Waals surface area contributed by atoms with E-state index in [1.54, 1.807) is 32.7 Å². The van der Waals surface area contributed by atoms with Crippen LogP contribution in [-0.4, -0.2) is 19.2 Å². The molecule has 0 aliphatic heterocycles. The Morgan fingerprint density at radius 3 is 2.67 bits per heavy atom. The number of rotatable bonds is 2. The molecule has 0 bridgehead atoms. The van der Waals surface area contributed by atoms with Gasteiger partial charge >= 0.3 is 0 Å². The van der Waals surface area contributed by atoms with Gasteiger partial charge in [0, 0.05) is 29.2 Å². The van der Waals surface area contributed by atoms with Crippen molar-refractivity contribution in [3.8, 4) is 11.5 Å². The van der Waals surface area contributed by atoms with Crippen molar-refractivity contribution in [3.63, 3.8) is 0 Å². The van der Waals surface area contributed by atoms with Gasteiger partial charge in [-0.15, -0.1) is 0 Å². The van der Waals surface area contributed by atoms with E-state index in [-0.39, 0.29) is 0 Å².